The molecular formula is C12H13ClO. The van der Waals surface area contributed by atoms with Gasteiger partial charge in [-0.05, 0) is 37.1 Å². The van der Waals surface area contributed by atoms with Crippen LogP contribution in [0.4, 0.5) is 0 Å². The smallest absolute Gasteiger partial charge is 0.162 e. The number of carbonyl (C=O) groups excluding carboxylic acids is 1. The van der Waals surface area contributed by atoms with Crippen molar-refractivity contribution in [3.05, 3.63) is 47.5 Å². The minimum atomic E-state index is 0.170. The number of benzene rings is 1. The molecule has 2 heteroatoms. The van der Waals surface area contributed by atoms with Gasteiger partial charge in [-0.15, -0.1) is 6.58 Å². The van der Waals surface area contributed by atoms with Gasteiger partial charge < -0.3 is 0 Å². The van der Waals surface area contributed by atoms with E-state index in [0.29, 0.717) is 11.4 Å². The predicted octanol–water partition coefficient (Wildman–Crippen LogP) is 3.88. The summed E-state index contributed by atoms with van der Waals surface area (Å²) in [5, 5.41) is 0.660. The van der Waals surface area contributed by atoms with Crippen molar-refractivity contribution < 1.29 is 4.79 Å². The lowest BCUT2D eigenvalue weighted by Crippen LogP contribution is -1.97. The van der Waals surface area contributed by atoms with E-state index in [9.17, 15) is 4.79 Å². The molecule has 0 spiro atoms. The SMILES string of the molecule is C=CCCCC(=O)c1ccc(Cl)cc1. The van der Waals surface area contributed by atoms with E-state index < -0.39 is 0 Å². The zero-order valence-electron chi connectivity index (χ0n) is 8.00. The lowest BCUT2D eigenvalue weighted by molar-refractivity contribution is 0.0980. The minimum absolute atomic E-state index is 0.170. The molecule has 74 valence electrons. The molecule has 0 heterocycles. The highest BCUT2D eigenvalue weighted by Gasteiger charge is 2.03. The Labute approximate surface area is 89.4 Å². The first kappa shape index (κ1) is 11.0. The molecule has 0 saturated carbocycles. The predicted molar refractivity (Wildman–Crippen MR) is 59.8 cm³/mol. The van der Waals surface area contributed by atoms with Gasteiger partial charge in [-0.25, -0.2) is 0 Å². The van der Waals surface area contributed by atoms with Gasteiger partial charge in [0.25, 0.3) is 0 Å². The summed E-state index contributed by atoms with van der Waals surface area (Å²) in [6.45, 7) is 3.61. The first-order valence-corrected chi connectivity index (χ1v) is 5.01. The van der Waals surface area contributed by atoms with Crippen molar-refractivity contribution in [2.75, 3.05) is 0 Å². The van der Waals surface area contributed by atoms with E-state index in [1.54, 1.807) is 24.3 Å². The van der Waals surface area contributed by atoms with E-state index in [1.165, 1.54) is 0 Å². The van der Waals surface area contributed by atoms with Gasteiger partial charge in [-0.3, -0.25) is 4.79 Å². The summed E-state index contributed by atoms with van der Waals surface area (Å²) in [7, 11) is 0. The average Bonchev–Trinajstić information content (AvgIpc) is 2.19. The quantitative estimate of drug-likeness (QED) is 0.408. The van der Waals surface area contributed by atoms with Crippen LogP contribution in [0.25, 0.3) is 0 Å². The number of hydrogen-bond acceptors (Lipinski definition) is 1. The molecule has 0 aliphatic heterocycles. The van der Waals surface area contributed by atoms with Crippen molar-refractivity contribution in [3.63, 3.8) is 0 Å². The average molecular weight is 209 g/mol. The van der Waals surface area contributed by atoms with Crippen LogP contribution >= 0.6 is 11.6 Å². The summed E-state index contributed by atoms with van der Waals surface area (Å²) in [5.41, 5.74) is 0.735. The fourth-order valence-electron chi connectivity index (χ4n) is 1.19. The highest BCUT2D eigenvalue weighted by molar-refractivity contribution is 6.30. The molecule has 14 heavy (non-hydrogen) atoms. The Balaban J connectivity index is 2.52. The van der Waals surface area contributed by atoms with Crippen molar-refractivity contribution >= 4 is 17.4 Å². The zero-order valence-corrected chi connectivity index (χ0v) is 8.76. The van der Waals surface area contributed by atoms with Crippen molar-refractivity contribution in [1.29, 1.82) is 0 Å². The summed E-state index contributed by atoms with van der Waals surface area (Å²) in [5.74, 6) is 0.170. The molecule has 1 aromatic carbocycles. The fourth-order valence-corrected chi connectivity index (χ4v) is 1.31. The Morgan fingerprint density at radius 2 is 2.00 bits per heavy atom. The van der Waals surface area contributed by atoms with Crippen LogP contribution in [0.3, 0.4) is 0 Å². The van der Waals surface area contributed by atoms with Crippen molar-refractivity contribution in [2.45, 2.75) is 19.3 Å². The Hall–Kier alpha value is -1.08. The monoisotopic (exact) mass is 208 g/mol. The van der Waals surface area contributed by atoms with E-state index in [1.807, 2.05) is 6.08 Å². The number of hydrogen-bond donors (Lipinski definition) is 0. The van der Waals surface area contributed by atoms with Gasteiger partial charge in [0.1, 0.15) is 0 Å². The Kier molecular flexibility index (Phi) is 4.41. The van der Waals surface area contributed by atoms with Crippen LogP contribution in [0, 0.1) is 0 Å². The number of ketones is 1. The third kappa shape index (κ3) is 3.35. The number of unbranched alkanes of at least 4 members (excludes halogenated alkanes) is 1. The number of allylic oxidation sites excluding steroid dienone is 1. The minimum Gasteiger partial charge on any atom is -0.294 e. The Morgan fingerprint density at radius 3 is 2.57 bits per heavy atom. The first-order valence-electron chi connectivity index (χ1n) is 4.63. The molecule has 0 saturated heterocycles. The summed E-state index contributed by atoms with van der Waals surface area (Å²) >= 11 is 5.72. The van der Waals surface area contributed by atoms with E-state index >= 15 is 0 Å². The van der Waals surface area contributed by atoms with E-state index in [-0.39, 0.29) is 5.78 Å². The number of rotatable bonds is 5. The Morgan fingerprint density at radius 1 is 1.36 bits per heavy atom. The summed E-state index contributed by atoms with van der Waals surface area (Å²) in [6.07, 6.45) is 4.16. The Bertz CT molecular complexity index is 314. The topological polar surface area (TPSA) is 17.1 Å². The van der Waals surface area contributed by atoms with Crippen LogP contribution < -0.4 is 0 Å². The third-order valence-corrected chi connectivity index (χ3v) is 2.23. The second kappa shape index (κ2) is 5.61. The van der Waals surface area contributed by atoms with E-state index in [0.717, 1.165) is 18.4 Å². The zero-order chi connectivity index (χ0) is 10.4. The molecule has 1 rings (SSSR count). The summed E-state index contributed by atoms with van der Waals surface area (Å²) < 4.78 is 0. The molecule has 1 nitrogen and oxygen atoms in total. The van der Waals surface area contributed by atoms with E-state index in [2.05, 4.69) is 6.58 Å². The van der Waals surface area contributed by atoms with Gasteiger partial charge in [-0.2, -0.15) is 0 Å². The molecule has 1 aromatic rings. The lowest BCUT2D eigenvalue weighted by atomic mass is 10.1. The molecule has 0 aromatic heterocycles. The van der Waals surface area contributed by atoms with Crippen molar-refractivity contribution in [2.24, 2.45) is 0 Å². The second-order valence-electron chi connectivity index (χ2n) is 3.11. The van der Waals surface area contributed by atoms with Gasteiger partial charge in [0.05, 0.1) is 0 Å². The van der Waals surface area contributed by atoms with Crippen LogP contribution in [0.2, 0.25) is 5.02 Å². The molecule has 0 fully saturated rings. The standard InChI is InChI=1S/C12H13ClO/c1-2-3-4-5-12(14)10-6-8-11(13)9-7-10/h2,6-9H,1,3-5H2. The second-order valence-corrected chi connectivity index (χ2v) is 3.55. The lowest BCUT2D eigenvalue weighted by Gasteiger charge is -1.99. The highest BCUT2D eigenvalue weighted by atomic mass is 35.5. The largest absolute Gasteiger partial charge is 0.294 e. The van der Waals surface area contributed by atoms with Crippen LogP contribution in [0.1, 0.15) is 29.6 Å². The van der Waals surface area contributed by atoms with Gasteiger partial charge >= 0.3 is 0 Å². The van der Waals surface area contributed by atoms with Gasteiger partial charge in [0, 0.05) is 17.0 Å². The number of Topliss-reactive ketones (excluding diaryl/α,β-unsaturated/α-hetero) is 1. The normalized spacial score (nSPS) is 9.79. The summed E-state index contributed by atoms with van der Waals surface area (Å²) in [6, 6.07) is 7.00. The number of carbonyl (C=O) groups is 1. The molecule has 0 radical (unpaired) electrons. The van der Waals surface area contributed by atoms with Crippen LogP contribution in [0.15, 0.2) is 36.9 Å². The van der Waals surface area contributed by atoms with E-state index in [4.69, 9.17) is 11.6 Å². The summed E-state index contributed by atoms with van der Waals surface area (Å²) in [4.78, 5) is 11.6. The molecule has 0 amide bonds. The molecule has 0 bridgehead atoms. The molecule has 0 unspecified atom stereocenters. The maximum absolute atomic E-state index is 11.6. The van der Waals surface area contributed by atoms with Crippen LogP contribution in [-0.4, -0.2) is 5.78 Å². The molecule has 0 N–H and O–H groups in total. The maximum Gasteiger partial charge on any atom is 0.162 e. The number of halogens is 1. The van der Waals surface area contributed by atoms with Gasteiger partial charge in [0.2, 0.25) is 0 Å². The van der Waals surface area contributed by atoms with Crippen LogP contribution in [0.5, 0.6) is 0 Å². The van der Waals surface area contributed by atoms with Gasteiger partial charge in [0.15, 0.2) is 5.78 Å². The molecule has 0 aliphatic rings. The molecular weight excluding hydrogens is 196 g/mol. The molecule has 0 atom stereocenters. The maximum atomic E-state index is 11.6. The fraction of sp³-hybridized carbons (Fsp3) is 0.250. The van der Waals surface area contributed by atoms with Crippen molar-refractivity contribution in [1.82, 2.24) is 0 Å². The van der Waals surface area contributed by atoms with Crippen molar-refractivity contribution in [3.8, 4) is 0 Å². The van der Waals surface area contributed by atoms with Gasteiger partial charge in [-0.1, -0.05) is 17.7 Å². The first-order chi connectivity index (χ1) is 6.74. The molecule has 0 aliphatic carbocycles. The van der Waals surface area contributed by atoms with Crippen LogP contribution in [-0.2, 0) is 0 Å². The third-order valence-electron chi connectivity index (χ3n) is 1.98. The highest BCUT2D eigenvalue weighted by Crippen LogP contribution is 2.12.